The van der Waals surface area contributed by atoms with Gasteiger partial charge in [0.1, 0.15) is 0 Å². The number of likely N-dealkylation sites (N-methyl/N-ethyl adjacent to an activating group) is 1. The largest absolute Gasteiger partial charge is 0.478 e. The molecule has 1 aromatic carbocycles. The third-order valence-corrected chi connectivity index (χ3v) is 2.45. The smallest absolute Gasteiger partial charge is 0.337 e. The summed E-state index contributed by atoms with van der Waals surface area (Å²) in [4.78, 5) is 13.1. The molecule has 0 saturated carbocycles. The van der Waals surface area contributed by atoms with Gasteiger partial charge in [-0.2, -0.15) is 0 Å². The van der Waals surface area contributed by atoms with Crippen molar-refractivity contribution in [3.63, 3.8) is 0 Å². The first-order valence-corrected chi connectivity index (χ1v) is 5.30. The number of aryl methyl sites for hydroxylation is 1. The van der Waals surface area contributed by atoms with Crippen LogP contribution in [0.5, 0.6) is 0 Å². The van der Waals surface area contributed by atoms with Crippen molar-refractivity contribution in [3.05, 3.63) is 42.0 Å². The Morgan fingerprint density at radius 1 is 1.56 bits per heavy atom. The lowest BCUT2D eigenvalue weighted by molar-refractivity contribution is 0.0697. The van der Waals surface area contributed by atoms with Gasteiger partial charge in [-0.3, -0.25) is 0 Å². The topological polar surface area (TPSA) is 40.5 Å². The van der Waals surface area contributed by atoms with Crippen LogP contribution < -0.4 is 4.90 Å². The van der Waals surface area contributed by atoms with Gasteiger partial charge in [-0.25, -0.2) is 4.79 Å². The Hall–Kier alpha value is -1.77. The first kappa shape index (κ1) is 12.3. The molecular weight excluding hydrogens is 202 g/mol. The number of aromatic carboxylic acids is 1. The summed E-state index contributed by atoms with van der Waals surface area (Å²) >= 11 is 0. The summed E-state index contributed by atoms with van der Waals surface area (Å²) in [6, 6.07) is 5.47. The average Bonchev–Trinajstić information content (AvgIpc) is 2.26. The van der Waals surface area contributed by atoms with E-state index in [9.17, 15) is 4.79 Å². The van der Waals surface area contributed by atoms with E-state index in [1.54, 1.807) is 12.1 Å². The predicted molar refractivity (Wildman–Crippen MR) is 66.2 cm³/mol. The molecule has 0 spiro atoms. The quantitative estimate of drug-likeness (QED) is 0.774. The van der Waals surface area contributed by atoms with Crippen molar-refractivity contribution >= 4 is 11.7 Å². The number of carbonyl (C=O) groups is 1. The zero-order chi connectivity index (χ0) is 12.1. The standard InChI is InChI=1S/C13H17NO2/c1-4-8-14(5-2)12-7-6-10(3)9-11(12)13(15)16/h4,6-7,9H,1,5,8H2,2-3H3,(H,15,16). The van der Waals surface area contributed by atoms with E-state index in [1.165, 1.54) is 0 Å². The molecule has 0 amide bonds. The molecule has 0 saturated heterocycles. The Balaban J connectivity index is 3.19. The molecule has 3 heteroatoms. The molecule has 86 valence electrons. The number of hydrogen-bond donors (Lipinski definition) is 1. The van der Waals surface area contributed by atoms with Gasteiger partial charge in [0.25, 0.3) is 0 Å². The summed E-state index contributed by atoms with van der Waals surface area (Å²) in [6.07, 6.45) is 1.77. The third kappa shape index (κ3) is 2.63. The Kier molecular flexibility index (Phi) is 4.11. The summed E-state index contributed by atoms with van der Waals surface area (Å²) in [5.41, 5.74) is 2.06. The highest BCUT2D eigenvalue weighted by molar-refractivity contribution is 5.94. The molecule has 0 bridgehead atoms. The van der Waals surface area contributed by atoms with Gasteiger partial charge in [0.15, 0.2) is 0 Å². The fourth-order valence-electron chi connectivity index (χ4n) is 1.65. The zero-order valence-electron chi connectivity index (χ0n) is 9.73. The summed E-state index contributed by atoms with van der Waals surface area (Å²) in [6.45, 7) is 8.97. The second kappa shape index (κ2) is 5.35. The maximum Gasteiger partial charge on any atom is 0.337 e. The molecule has 16 heavy (non-hydrogen) atoms. The van der Waals surface area contributed by atoms with Crippen molar-refractivity contribution in [1.29, 1.82) is 0 Å². The lowest BCUT2D eigenvalue weighted by Gasteiger charge is -2.23. The van der Waals surface area contributed by atoms with Crippen molar-refractivity contribution in [2.45, 2.75) is 13.8 Å². The first-order chi connectivity index (χ1) is 7.60. The molecule has 3 nitrogen and oxygen atoms in total. The minimum absolute atomic E-state index is 0.351. The highest BCUT2D eigenvalue weighted by Crippen LogP contribution is 2.21. The molecule has 0 aliphatic rings. The monoisotopic (exact) mass is 219 g/mol. The van der Waals surface area contributed by atoms with Gasteiger partial charge in [0, 0.05) is 13.1 Å². The average molecular weight is 219 g/mol. The molecule has 1 N–H and O–H groups in total. The molecule has 0 aromatic heterocycles. The van der Waals surface area contributed by atoms with Gasteiger partial charge in [-0.15, -0.1) is 6.58 Å². The molecule has 0 heterocycles. The van der Waals surface area contributed by atoms with Crippen LogP contribution in [-0.4, -0.2) is 24.2 Å². The van der Waals surface area contributed by atoms with Crippen molar-refractivity contribution < 1.29 is 9.90 Å². The van der Waals surface area contributed by atoms with Crippen LogP contribution >= 0.6 is 0 Å². The summed E-state index contributed by atoms with van der Waals surface area (Å²) < 4.78 is 0. The Labute approximate surface area is 96.0 Å². The van der Waals surface area contributed by atoms with Crippen LogP contribution in [0, 0.1) is 6.92 Å². The molecule has 1 rings (SSSR count). The van der Waals surface area contributed by atoms with Gasteiger partial charge in [0.2, 0.25) is 0 Å². The van der Waals surface area contributed by atoms with E-state index in [2.05, 4.69) is 6.58 Å². The Morgan fingerprint density at radius 3 is 2.75 bits per heavy atom. The molecule has 1 aromatic rings. The van der Waals surface area contributed by atoms with E-state index >= 15 is 0 Å². The van der Waals surface area contributed by atoms with E-state index in [-0.39, 0.29) is 0 Å². The van der Waals surface area contributed by atoms with Crippen LogP contribution in [0.3, 0.4) is 0 Å². The van der Waals surface area contributed by atoms with E-state index < -0.39 is 5.97 Å². The highest BCUT2D eigenvalue weighted by atomic mass is 16.4. The number of benzene rings is 1. The van der Waals surface area contributed by atoms with E-state index in [1.807, 2.05) is 30.9 Å². The minimum Gasteiger partial charge on any atom is -0.478 e. The number of carboxylic acid groups (broad SMARTS) is 1. The number of carboxylic acids is 1. The number of anilines is 1. The molecule has 0 fully saturated rings. The summed E-state index contributed by atoms with van der Waals surface area (Å²) in [5, 5.41) is 9.15. The second-order valence-corrected chi connectivity index (χ2v) is 3.65. The Bertz CT molecular complexity index is 399. The number of hydrogen-bond acceptors (Lipinski definition) is 2. The van der Waals surface area contributed by atoms with E-state index in [0.29, 0.717) is 12.1 Å². The third-order valence-electron chi connectivity index (χ3n) is 2.45. The molecule has 0 atom stereocenters. The van der Waals surface area contributed by atoms with Gasteiger partial charge in [-0.1, -0.05) is 17.7 Å². The van der Waals surface area contributed by atoms with Gasteiger partial charge < -0.3 is 10.0 Å². The van der Waals surface area contributed by atoms with Crippen LogP contribution in [-0.2, 0) is 0 Å². The normalized spacial score (nSPS) is 9.88. The minimum atomic E-state index is -0.888. The maximum atomic E-state index is 11.1. The van der Waals surface area contributed by atoms with Crippen LogP contribution in [0.25, 0.3) is 0 Å². The molecule has 0 unspecified atom stereocenters. The van der Waals surface area contributed by atoms with E-state index in [4.69, 9.17) is 5.11 Å². The van der Waals surface area contributed by atoms with Crippen molar-refractivity contribution in [3.8, 4) is 0 Å². The molecule has 0 aliphatic carbocycles. The zero-order valence-corrected chi connectivity index (χ0v) is 9.73. The van der Waals surface area contributed by atoms with Gasteiger partial charge in [0.05, 0.1) is 11.3 Å². The SMILES string of the molecule is C=CCN(CC)c1ccc(C)cc1C(=O)O. The van der Waals surface area contributed by atoms with E-state index in [0.717, 1.165) is 17.8 Å². The Morgan fingerprint density at radius 2 is 2.25 bits per heavy atom. The summed E-state index contributed by atoms with van der Waals surface area (Å²) in [7, 11) is 0. The predicted octanol–water partition coefficient (Wildman–Crippen LogP) is 2.71. The van der Waals surface area contributed by atoms with Crippen LogP contribution in [0.15, 0.2) is 30.9 Å². The van der Waals surface area contributed by atoms with Crippen molar-refractivity contribution in [2.24, 2.45) is 0 Å². The fraction of sp³-hybridized carbons (Fsp3) is 0.308. The number of rotatable bonds is 5. The second-order valence-electron chi connectivity index (χ2n) is 3.65. The fourth-order valence-corrected chi connectivity index (χ4v) is 1.65. The van der Waals surface area contributed by atoms with Gasteiger partial charge in [-0.05, 0) is 26.0 Å². The first-order valence-electron chi connectivity index (χ1n) is 5.30. The highest BCUT2D eigenvalue weighted by Gasteiger charge is 2.14. The molecular formula is C13H17NO2. The molecule has 0 aliphatic heterocycles. The van der Waals surface area contributed by atoms with Crippen LogP contribution in [0.1, 0.15) is 22.8 Å². The van der Waals surface area contributed by atoms with Gasteiger partial charge >= 0.3 is 5.97 Å². The molecule has 0 radical (unpaired) electrons. The van der Waals surface area contributed by atoms with Crippen LogP contribution in [0.2, 0.25) is 0 Å². The number of nitrogens with zero attached hydrogens (tertiary/aromatic N) is 1. The maximum absolute atomic E-state index is 11.1. The summed E-state index contributed by atoms with van der Waals surface area (Å²) in [5.74, 6) is -0.888. The van der Waals surface area contributed by atoms with Crippen molar-refractivity contribution in [2.75, 3.05) is 18.0 Å². The lowest BCUT2D eigenvalue weighted by atomic mass is 10.1. The lowest BCUT2D eigenvalue weighted by Crippen LogP contribution is -2.24. The van der Waals surface area contributed by atoms with Crippen molar-refractivity contribution in [1.82, 2.24) is 0 Å². The van der Waals surface area contributed by atoms with Crippen LogP contribution in [0.4, 0.5) is 5.69 Å².